The van der Waals surface area contributed by atoms with Crippen LogP contribution in [0.25, 0.3) is 0 Å². The van der Waals surface area contributed by atoms with E-state index in [4.69, 9.17) is 0 Å². The second-order valence-corrected chi connectivity index (χ2v) is 1.97. The van der Waals surface area contributed by atoms with E-state index in [0.717, 1.165) is 0 Å². The zero-order valence-corrected chi connectivity index (χ0v) is 7.62. The first-order valence-electron chi connectivity index (χ1n) is 0.908. The average molecular weight is 157 g/mol. The summed E-state index contributed by atoms with van der Waals surface area (Å²) in [6, 6.07) is 0. The molecule has 0 aromatic carbocycles. The van der Waals surface area contributed by atoms with E-state index in [0.29, 0.717) is 4.20 Å². The van der Waals surface area contributed by atoms with Crippen LogP contribution in [-0.4, -0.2) is 4.20 Å². The molecule has 0 radical (unpaired) electrons. The van der Waals surface area contributed by atoms with Crippen LogP contribution in [0.2, 0.25) is 0 Å². The van der Waals surface area contributed by atoms with Gasteiger partial charge in [-0.15, -0.1) is 0 Å². The topological polar surface area (TPSA) is 0 Å². The average Bonchev–Trinajstić information content (AvgIpc) is 0.811. The van der Waals surface area contributed by atoms with Gasteiger partial charge in [0.05, 0.1) is 0 Å². The Morgan fingerprint density at radius 2 is 1.80 bits per heavy atom. The van der Waals surface area contributed by atoms with Crippen molar-refractivity contribution < 1.29 is 19.5 Å². The zero-order chi connectivity index (χ0) is 3.58. The van der Waals surface area contributed by atoms with Crippen LogP contribution in [0, 0.1) is 0 Å². The number of thiocarbonyl (C=S) groups is 1. The van der Waals surface area contributed by atoms with Crippen LogP contribution < -0.4 is 0 Å². The largest absolute Gasteiger partial charge is 0.433 e. The Kier molecular flexibility index (Phi) is 9.21. The first-order chi connectivity index (χ1) is 1.73. The molecule has 3 heteroatoms. The molecule has 0 aromatic rings. The van der Waals surface area contributed by atoms with E-state index in [1.165, 1.54) is 0 Å². The molecule has 0 aliphatic carbocycles. The minimum atomic E-state index is 0. The molecule has 0 heterocycles. The van der Waals surface area contributed by atoms with Crippen molar-refractivity contribution in [2.75, 3.05) is 0 Å². The summed E-state index contributed by atoms with van der Waals surface area (Å²) in [7, 11) is 0. The molecular weight excluding hydrogens is 154 g/mol. The SMILES string of the molecule is CC(=S)[S-].[Zn]. The Morgan fingerprint density at radius 3 is 1.80 bits per heavy atom. The Bertz CT molecular complexity index is 30.6. The third kappa shape index (κ3) is 48.7. The van der Waals surface area contributed by atoms with Crippen molar-refractivity contribution in [2.45, 2.75) is 6.92 Å². The summed E-state index contributed by atoms with van der Waals surface area (Å²) >= 11 is 8.70. The molecule has 26 valence electrons. The maximum Gasteiger partial charge on any atom is 0 e. The molecule has 0 saturated heterocycles. The van der Waals surface area contributed by atoms with Crippen LogP contribution in [-0.2, 0) is 32.1 Å². The van der Waals surface area contributed by atoms with E-state index in [1.807, 2.05) is 0 Å². The molecule has 0 saturated carbocycles. The van der Waals surface area contributed by atoms with Crippen LogP contribution in [0.5, 0.6) is 0 Å². The van der Waals surface area contributed by atoms with Crippen LogP contribution in [0.1, 0.15) is 6.92 Å². The Hall–Kier alpha value is 0.933. The molecule has 0 rings (SSSR count). The monoisotopic (exact) mass is 155 g/mol. The maximum atomic E-state index is 4.35. The molecule has 0 nitrogen and oxygen atoms in total. The molecule has 0 unspecified atom stereocenters. The molecule has 0 aliphatic heterocycles. The van der Waals surface area contributed by atoms with Crippen molar-refractivity contribution in [2.24, 2.45) is 0 Å². The summed E-state index contributed by atoms with van der Waals surface area (Å²) < 4.78 is 0.583. The molecule has 0 atom stereocenters. The van der Waals surface area contributed by atoms with E-state index < -0.39 is 0 Å². The predicted octanol–water partition coefficient (Wildman–Crippen LogP) is 0.878. The van der Waals surface area contributed by atoms with Crippen molar-refractivity contribution in [3.63, 3.8) is 0 Å². The van der Waals surface area contributed by atoms with Gasteiger partial charge in [0.15, 0.2) is 0 Å². The molecule has 0 aliphatic rings. The molecule has 0 spiro atoms. The summed E-state index contributed by atoms with van der Waals surface area (Å²) in [5.74, 6) is 0. The Morgan fingerprint density at radius 1 is 1.80 bits per heavy atom. The van der Waals surface area contributed by atoms with Gasteiger partial charge in [-0.05, 0) is 0 Å². The van der Waals surface area contributed by atoms with Gasteiger partial charge >= 0.3 is 0 Å². The third-order valence-electron chi connectivity index (χ3n) is 0. The fraction of sp³-hybridized carbons (Fsp3) is 0.500. The van der Waals surface area contributed by atoms with Gasteiger partial charge in [-0.3, -0.25) is 0 Å². The quantitative estimate of drug-likeness (QED) is 0.290. The van der Waals surface area contributed by atoms with Crippen LogP contribution >= 0.6 is 12.2 Å². The fourth-order valence-corrected chi connectivity index (χ4v) is 0. The van der Waals surface area contributed by atoms with Crippen LogP contribution in [0.15, 0.2) is 0 Å². The van der Waals surface area contributed by atoms with E-state index in [2.05, 4.69) is 24.8 Å². The van der Waals surface area contributed by atoms with Gasteiger partial charge in [0.2, 0.25) is 0 Å². The van der Waals surface area contributed by atoms with Gasteiger partial charge in [-0.1, -0.05) is 6.92 Å². The van der Waals surface area contributed by atoms with Crippen LogP contribution in [0.3, 0.4) is 0 Å². The maximum absolute atomic E-state index is 4.35. The van der Waals surface area contributed by atoms with Gasteiger partial charge < -0.3 is 24.8 Å². The smallest absolute Gasteiger partial charge is 0 e. The second-order valence-electron chi connectivity index (χ2n) is 0.492. The van der Waals surface area contributed by atoms with E-state index in [1.54, 1.807) is 6.92 Å². The molecule has 0 aromatic heterocycles. The van der Waals surface area contributed by atoms with Crippen molar-refractivity contribution in [1.82, 2.24) is 0 Å². The van der Waals surface area contributed by atoms with Gasteiger partial charge in [0.1, 0.15) is 0 Å². The Labute approximate surface area is 55.5 Å². The summed E-state index contributed by atoms with van der Waals surface area (Å²) in [5.41, 5.74) is 0. The van der Waals surface area contributed by atoms with Crippen LogP contribution in [0.4, 0.5) is 0 Å². The minimum absolute atomic E-state index is 0. The van der Waals surface area contributed by atoms with Gasteiger partial charge in [0, 0.05) is 19.5 Å². The first kappa shape index (κ1) is 9.33. The zero-order valence-electron chi connectivity index (χ0n) is 3.02. The molecule has 0 fully saturated rings. The van der Waals surface area contributed by atoms with E-state index in [9.17, 15) is 0 Å². The summed E-state index contributed by atoms with van der Waals surface area (Å²) in [6.07, 6.45) is 0. The second kappa shape index (κ2) is 4.93. The molecule has 0 amide bonds. The fourth-order valence-electron chi connectivity index (χ4n) is 0. The number of rotatable bonds is 0. The minimum Gasteiger partial charge on any atom is -0.433 e. The number of hydrogen-bond donors (Lipinski definition) is 0. The first-order valence-corrected chi connectivity index (χ1v) is 1.72. The Balaban J connectivity index is 0. The molecule has 5 heavy (non-hydrogen) atoms. The predicted molar refractivity (Wildman–Crippen MR) is 25.6 cm³/mol. The normalized spacial score (nSPS) is 5.00. The molecular formula is C2H3S2Zn-. The van der Waals surface area contributed by atoms with Gasteiger partial charge in [-0.25, -0.2) is 0 Å². The van der Waals surface area contributed by atoms with Gasteiger partial charge in [0.25, 0.3) is 0 Å². The standard InChI is InChI=1S/C2H4S2.Zn/c1-2(3)4;/h1H3,(H,3,4);/p-1. The summed E-state index contributed by atoms with van der Waals surface area (Å²) in [4.78, 5) is 0. The third-order valence-corrected chi connectivity index (χ3v) is 0. The molecule has 0 N–H and O–H groups in total. The van der Waals surface area contributed by atoms with Crippen molar-refractivity contribution in [1.29, 1.82) is 0 Å². The van der Waals surface area contributed by atoms with E-state index in [-0.39, 0.29) is 19.5 Å². The van der Waals surface area contributed by atoms with E-state index >= 15 is 0 Å². The van der Waals surface area contributed by atoms with Crippen molar-refractivity contribution in [3.8, 4) is 0 Å². The summed E-state index contributed by atoms with van der Waals surface area (Å²) in [5, 5.41) is 0. The molecule has 0 bridgehead atoms. The van der Waals surface area contributed by atoms with Crippen molar-refractivity contribution >= 4 is 29.0 Å². The van der Waals surface area contributed by atoms with Gasteiger partial charge in [-0.2, -0.15) is 4.20 Å². The van der Waals surface area contributed by atoms with Crippen molar-refractivity contribution in [3.05, 3.63) is 0 Å². The summed E-state index contributed by atoms with van der Waals surface area (Å²) in [6.45, 7) is 1.71. The number of hydrogen-bond acceptors (Lipinski definition) is 2.